The third kappa shape index (κ3) is 5.01. The Morgan fingerprint density at radius 2 is 2.04 bits per heavy atom. The minimum absolute atomic E-state index is 0.182. The number of nitrogens with zero attached hydrogens (tertiary/aromatic N) is 3. The molecule has 1 aromatic rings. The second-order valence-corrected chi connectivity index (χ2v) is 6.79. The van der Waals surface area contributed by atoms with E-state index in [4.69, 9.17) is 18.9 Å². The highest BCUT2D eigenvalue weighted by Gasteiger charge is 2.27. The molecule has 2 saturated heterocycles. The second kappa shape index (κ2) is 9.75. The molecule has 0 radical (unpaired) electrons. The van der Waals surface area contributed by atoms with Crippen LogP contribution in [0.5, 0.6) is 11.5 Å². The van der Waals surface area contributed by atoms with Crippen LogP contribution < -0.4 is 9.47 Å². The summed E-state index contributed by atoms with van der Waals surface area (Å²) in [7, 11) is 3.25. The number of morpholine rings is 1. The van der Waals surface area contributed by atoms with Crippen molar-refractivity contribution in [2.75, 3.05) is 53.7 Å². The molecule has 3 rings (SSSR count). The van der Waals surface area contributed by atoms with E-state index in [2.05, 4.69) is 9.88 Å². The summed E-state index contributed by atoms with van der Waals surface area (Å²) in [6.45, 7) is 4.32. The van der Waals surface area contributed by atoms with Crippen molar-refractivity contribution in [3.05, 3.63) is 18.0 Å². The average Bonchev–Trinajstić information content (AvgIpc) is 2.73. The highest BCUT2D eigenvalue weighted by molar-refractivity contribution is 5.67. The van der Waals surface area contributed by atoms with Gasteiger partial charge in [0.05, 0.1) is 27.4 Å². The monoisotopic (exact) mass is 379 g/mol. The Morgan fingerprint density at radius 3 is 2.78 bits per heavy atom. The van der Waals surface area contributed by atoms with Crippen molar-refractivity contribution >= 4 is 6.09 Å². The number of carbonyl (C=O) groups is 1. The van der Waals surface area contributed by atoms with Crippen molar-refractivity contribution in [2.24, 2.45) is 0 Å². The van der Waals surface area contributed by atoms with Gasteiger partial charge in [-0.05, 0) is 19.4 Å². The van der Waals surface area contributed by atoms with Gasteiger partial charge in [0.2, 0.25) is 0 Å². The fourth-order valence-electron chi connectivity index (χ4n) is 3.62. The molecular formula is C19H29N3O5. The number of ether oxygens (including phenoxy) is 4. The SMILES string of the molecule is COc1ccnc(CN2CCCCC2COC(=O)N2CCOCC2)c1OC. The van der Waals surface area contributed by atoms with Gasteiger partial charge in [0.15, 0.2) is 11.5 Å². The van der Waals surface area contributed by atoms with Gasteiger partial charge in [-0.15, -0.1) is 0 Å². The quantitative estimate of drug-likeness (QED) is 0.748. The van der Waals surface area contributed by atoms with E-state index in [0.29, 0.717) is 51.0 Å². The first-order valence-corrected chi connectivity index (χ1v) is 9.52. The van der Waals surface area contributed by atoms with Crippen LogP contribution in [0.1, 0.15) is 25.0 Å². The Kier molecular flexibility index (Phi) is 7.11. The molecule has 1 amide bonds. The Morgan fingerprint density at radius 1 is 1.22 bits per heavy atom. The summed E-state index contributed by atoms with van der Waals surface area (Å²) in [5.41, 5.74) is 0.836. The smallest absolute Gasteiger partial charge is 0.409 e. The van der Waals surface area contributed by atoms with Gasteiger partial charge in [0.25, 0.3) is 0 Å². The van der Waals surface area contributed by atoms with Crippen molar-refractivity contribution in [2.45, 2.75) is 31.8 Å². The zero-order valence-corrected chi connectivity index (χ0v) is 16.2. The third-order valence-electron chi connectivity index (χ3n) is 5.14. The maximum Gasteiger partial charge on any atom is 0.409 e. The van der Waals surface area contributed by atoms with Crippen LogP contribution in [0.2, 0.25) is 0 Å². The number of hydrogen-bond donors (Lipinski definition) is 0. The van der Waals surface area contributed by atoms with Crippen LogP contribution in [0.15, 0.2) is 12.3 Å². The standard InChI is InChI=1S/C19H29N3O5/c1-24-17-6-7-20-16(18(17)25-2)13-22-8-4-3-5-15(22)14-27-19(23)21-9-11-26-12-10-21/h6-7,15H,3-5,8-14H2,1-2H3. The fraction of sp³-hybridized carbons (Fsp3) is 0.684. The van der Waals surface area contributed by atoms with Crippen molar-refractivity contribution < 1.29 is 23.7 Å². The molecule has 1 aromatic heterocycles. The highest BCUT2D eigenvalue weighted by Crippen LogP contribution is 2.31. The number of carbonyl (C=O) groups excluding carboxylic acids is 1. The minimum Gasteiger partial charge on any atom is -0.493 e. The Labute approximate surface area is 160 Å². The average molecular weight is 379 g/mol. The summed E-state index contributed by atoms with van der Waals surface area (Å²) in [5.74, 6) is 1.34. The highest BCUT2D eigenvalue weighted by atomic mass is 16.6. The van der Waals surface area contributed by atoms with Crippen LogP contribution in [0.4, 0.5) is 4.79 Å². The van der Waals surface area contributed by atoms with E-state index in [-0.39, 0.29) is 12.1 Å². The number of methoxy groups -OCH3 is 2. The molecule has 8 heteroatoms. The predicted octanol–water partition coefficient (Wildman–Crippen LogP) is 1.92. The molecule has 2 aliphatic heterocycles. The van der Waals surface area contributed by atoms with Crippen molar-refractivity contribution in [3.63, 3.8) is 0 Å². The van der Waals surface area contributed by atoms with E-state index < -0.39 is 0 Å². The van der Waals surface area contributed by atoms with Crippen LogP contribution in [0, 0.1) is 0 Å². The molecule has 0 aliphatic carbocycles. The summed E-state index contributed by atoms with van der Waals surface area (Å²) in [5, 5.41) is 0. The number of hydrogen-bond acceptors (Lipinski definition) is 7. The van der Waals surface area contributed by atoms with Gasteiger partial charge >= 0.3 is 6.09 Å². The third-order valence-corrected chi connectivity index (χ3v) is 5.14. The lowest BCUT2D eigenvalue weighted by molar-refractivity contribution is 0.0116. The number of piperidine rings is 1. The zero-order valence-electron chi connectivity index (χ0n) is 16.2. The van der Waals surface area contributed by atoms with Gasteiger partial charge in [0, 0.05) is 37.9 Å². The zero-order chi connectivity index (χ0) is 19.1. The summed E-state index contributed by atoms with van der Waals surface area (Å²) in [4.78, 5) is 20.8. The minimum atomic E-state index is -0.249. The molecular weight excluding hydrogens is 350 g/mol. The first kappa shape index (κ1) is 19.7. The summed E-state index contributed by atoms with van der Waals surface area (Å²) in [6.07, 6.45) is 4.75. The molecule has 27 heavy (non-hydrogen) atoms. The van der Waals surface area contributed by atoms with Crippen LogP contribution in [-0.2, 0) is 16.0 Å². The lowest BCUT2D eigenvalue weighted by atomic mass is 10.0. The Bertz CT molecular complexity index is 621. The van der Waals surface area contributed by atoms with Crippen LogP contribution in [-0.4, -0.2) is 80.6 Å². The molecule has 2 aliphatic rings. The molecule has 0 N–H and O–H groups in total. The maximum atomic E-state index is 12.3. The molecule has 150 valence electrons. The van der Waals surface area contributed by atoms with E-state index in [9.17, 15) is 4.79 Å². The van der Waals surface area contributed by atoms with Gasteiger partial charge in [-0.25, -0.2) is 4.79 Å². The van der Waals surface area contributed by atoms with E-state index >= 15 is 0 Å². The van der Waals surface area contributed by atoms with Crippen LogP contribution in [0.25, 0.3) is 0 Å². The number of amides is 1. The summed E-state index contributed by atoms with van der Waals surface area (Å²) >= 11 is 0. The van der Waals surface area contributed by atoms with Gasteiger partial charge in [-0.2, -0.15) is 0 Å². The lowest BCUT2D eigenvalue weighted by Crippen LogP contribution is -2.45. The Balaban J connectivity index is 1.61. The molecule has 8 nitrogen and oxygen atoms in total. The van der Waals surface area contributed by atoms with Crippen LogP contribution >= 0.6 is 0 Å². The van der Waals surface area contributed by atoms with Crippen molar-refractivity contribution in [1.82, 2.24) is 14.8 Å². The molecule has 0 spiro atoms. The van der Waals surface area contributed by atoms with Crippen molar-refractivity contribution in [3.8, 4) is 11.5 Å². The fourth-order valence-corrected chi connectivity index (χ4v) is 3.62. The van der Waals surface area contributed by atoms with Gasteiger partial charge in [-0.1, -0.05) is 6.42 Å². The molecule has 0 saturated carbocycles. The van der Waals surface area contributed by atoms with E-state index in [1.165, 1.54) is 0 Å². The predicted molar refractivity (Wildman–Crippen MR) is 99.1 cm³/mol. The molecule has 1 atom stereocenters. The first-order valence-electron chi connectivity index (χ1n) is 9.52. The molecule has 0 aromatic carbocycles. The summed E-state index contributed by atoms with van der Waals surface area (Å²) in [6, 6.07) is 1.97. The largest absolute Gasteiger partial charge is 0.493 e. The number of rotatable bonds is 6. The number of pyridine rings is 1. The lowest BCUT2D eigenvalue weighted by Gasteiger charge is -2.36. The topological polar surface area (TPSA) is 73.4 Å². The van der Waals surface area contributed by atoms with E-state index in [0.717, 1.165) is 31.5 Å². The second-order valence-electron chi connectivity index (χ2n) is 6.79. The Hall–Kier alpha value is -2.06. The maximum absolute atomic E-state index is 12.3. The number of likely N-dealkylation sites (tertiary alicyclic amines) is 1. The van der Waals surface area contributed by atoms with E-state index in [1.54, 1.807) is 31.4 Å². The normalized spacial score (nSPS) is 21.0. The number of aromatic nitrogens is 1. The van der Waals surface area contributed by atoms with Crippen molar-refractivity contribution in [1.29, 1.82) is 0 Å². The molecule has 1 unspecified atom stereocenters. The first-order chi connectivity index (χ1) is 13.2. The van der Waals surface area contributed by atoms with E-state index in [1.807, 2.05) is 0 Å². The van der Waals surface area contributed by atoms with Gasteiger partial charge in [0.1, 0.15) is 12.3 Å². The van der Waals surface area contributed by atoms with Crippen LogP contribution in [0.3, 0.4) is 0 Å². The summed E-state index contributed by atoms with van der Waals surface area (Å²) < 4.78 is 21.8. The van der Waals surface area contributed by atoms with Gasteiger partial charge < -0.3 is 23.8 Å². The molecule has 0 bridgehead atoms. The molecule has 3 heterocycles. The van der Waals surface area contributed by atoms with Gasteiger partial charge in [-0.3, -0.25) is 9.88 Å². The molecule has 2 fully saturated rings.